The number of rotatable bonds is 3. The summed E-state index contributed by atoms with van der Waals surface area (Å²) in [6.45, 7) is 1.47. The summed E-state index contributed by atoms with van der Waals surface area (Å²) in [6.07, 6.45) is 4.13. The Kier molecular flexibility index (Phi) is 4.24. The highest BCUT2D eigenvalue weighted by Gasteiger charge is 2.25. The molecule has 0 atom stereocenters. The molecular weight excluding hydrogens is 296 g/mol. The van der Waals surface area contributed by atoms with E-state index in [0.29, 0.717) is 10.6 Å². The molecule has 1 aromatic heterocycles. The summed E-state index contributed by atoms with van der Waals surface area (Å²) in [4.78, 5) is 25.3. The number of thiophene rings is 1. The van der Waals surface area contributed by atoms with E-state index in [9.17, 15) is 9.59 Å². The smallest absolute Gasteiger partial charge is 0.258 e. The topological polar surface area (TPSA) is 58.2 Å². The van der Waals surface area contributed by atoms with E-state index in [2.05, 4.69) is 10.6 Å². The van der Waals surface area contributed by atoms with Crippen LogP contribution < -0.4 is 10.6 Å². The summed E-state index contributed by atoms with van der Waals surface area (Å²) in [7, 11) is 0. The summed E-state index contributed by atoms with van der Waals surface area (Å²) in [6, 6.07) is 9.38. The lowest BCUT2D eigenvalue weighted by Crippen LogP contribution is -2.17. The third-order valence-electron chi connectivity index (χ3n) is 3.72. The Balaban J connectivity index is 1.95. The van der Waals surface area contributed by atoms with E-state index < -0.39 is 0 Å². The molecule has 114 valence electrons. The van der Waals surface area contributed by atoms with Gasteiger partial charge in [-0.1, -0.05) is 18.2 Å². The molecular formula is C17H18N2O2S. The first-order valence-corrected chi connectivity index (χ1v) is 8.25. The fourth-order valence-corrected chi connectivity index (χ4v) is 4.10. The van der Waals surface area contributed by atoms with E-state index in [1.165, 1.54) is 23.1 Å². The third-order valence-corrected chi connectivity index (χ3v) is 4.93. The van der Waals surface area contributed by atoms with Gasteiger partial charge in [0.15, 0.2) is 0 Å². The Morgan fingerprint density at radius 1 is 1.05 bits per heavy atom. The molecule has 0 fully saturated rings. The zero-order valence-corrected chi connectivity index (χ0v) is 13.3. The van der Waals surface area contributed by atoms with E-state index in [4.69, 9.17) is 0 Å². The molecule has 22 heavy (non-hydrogen) atoms. The number of hydrogen-bond donors (Lipinski definition) is 2. The molecule has 2 amide bonds. The number of nitrogens with one attached hydrogen (secondary N) is 2. The lowest BCUT2D eigenvalue weighted by Gasteiger charge is -2.13. The van der Waals surface area contributed by atoms with Crippen LogP contribution in [0.2, 0.25) is 0 Å². The Labute approximate surface area is 133 Å². The molecule has 5 heteroatoms. The van der Waals surface area contributed by atoms with Gasteiger partial charge in [0.1, 0.15) is 5.00 Å². The molecule has 0 radical (unpaired) electrons. The monoisotopic (exact) mass is 314 g/mol. The van der Waals surface area contributed by atoms with E-state index in [-0.39, 0.29) is 11.8 Å². The molecule has 0 aliphatic heterocycles. The van der Waals surface area contributed by atoms with Crippen molar-refractivity contribution < 1.29 is 9.59 Å². The predicted molar refractivity (Wildman–Crippen MR) is 89.7 cm³/mol. The highest BCUT2D eigenvalue weighted by Crippen LogP contribution is 2.38. The standard InChI is InChI=1S/C17H18N2O2S/c1-11(20)18-17-15(13-9-5-6-10-14(13)22-17)16(21)19-12-7-3-2-4-8-12/h2-4,7-8H,5-6,9-10H2,1H3,(H,18,20)(H,19,21). The normalized spacial score (nSPS) is 13.3. The largest absolute Gasteiger partial charge is 0.322 e. The molecule has 1 aliphatic rings. The lowest BCUT2D eigenvalue weighted by molar-refractivity contribution is -0.114. The molecule has 4 nitrogen and oxygen atoms in total. The van der Waals surface area contributed by atoms with Crippen LogP contribution in [0.15, 0.2) is 30.3 Å². The molecule has 1 aliphatic carbocycles. The highest BCUT2D eigenvalue weighted by molar-refractivity contribution is 7.17. The summed E-state index contributed by atoms with van der Waals surface area (Å²) in [5.41, 5.74) is 2.50. The summed E-state index contributed by atoms with van der Waals surface area (Å²) >= 11 is 1.54. The number of carbonyl (C=O) groups is 2. The molecule has 0 saturated carbocycles. The number of aryl methyl sites for hydroxylation is 1. The van der Waals surface area contributed by atoms with Gasteiger partial charge in [0.2, 0.25) is 5.91 Å². The molecule has 2 aromatic rings. The number of fused-ring (bicyclic) bond motifs is 1. The number of anilines is 2. The van der Waals surface area contributed by atoms with Crippen LogP contribution in [0, 0.1) is 0 Å². The number of para-hydroxylation sites is 1. The van der Waals surface area contributed by atoms with Gasteiger partial charge in [-0.15, -0.1) is 11.3 Å². The number of amides is 2. The first-order valence-electron chi connectivity index (χ1n) is 7.43. The van der Waals surface area contributed by atoms with Crippen molar-refractivity contribution in [1.29, 1.82) is 0 Å². The van der Waals surface area contributed by atoms with Gasteiger partial charge in [0, 0.05) is 17.5 Å². The Bertz CT molecular complexity index is 707. The first-order chi connectivity index (χ1) is 10.6. The highest BCUT2D eigenvalue weighted by atomic mass is 32.1. The van der Waals surface area contributed by atoms with Crippen LogP contribution in [0.5, 0.6) is 0 Å². The Morgan fingerprint density at radius 2 is 1.77 bits per heavy atom. The quantitative estimate of drug-likeness (QED) is 0.904. The number of hydrogen-bond acceptors (Lipinski definition) is 3. The van der Waals surface area contributed by atoms with Crippen molar-refractivity contribution in [2.24, 2.45) is 0 Å². The molecule has 3 rings (SSSR count). The molecule has 0 bridgehead atoms. The molecule has 1 heterocycles. The maximum Gasteiger partial charge on any atom is 0.258 e. The summed E-state index contributed by atoms with van der Waals surface area (Å²) in [5, 5.41) is 6.41. The maximum atomic E-state index is 12.7. The predicted octanol–water partition coefficient (Wildman–Crippen LogP) is 3.84. The SMILES string of the molecule is CC(=O)Nc1sc2c(c1C(=O)Nc1ccccc1)CCCC2. The minimum absolute atomic E-state index is 0.144. The second-order valence-corrected chi connectivity index (χ2v) is 6.52. The van der Waals surface area contributed by atoms with Crippen LogP contribution in [-0.4, -0.2) is 11.8 Å². The van der Waals surface area contributed by atoms with Crippen molar-refractivity contribution in [2.75, 3.05) is 10.6 Å². The average molecular weight is 314 g/mol. The first kappa shape index (κ1) is 14.8. The van der Waals surface area contributed by atoms with Crippen molar-refractivity contribution in [1.82, 2.24) is 0 Å². The lowest BCUT2D eigenvalue weighted by atomic mass is 9.95. The van der Waals surface area contributed by atoms with Gasteiger partial charge in [0.25, 0.3) is 5.91 Å². The Morgan fingerprint density at radius 3 is 2.50 bits per heavy atom. The van der Waals surface area contributed by atoms with Gasteiger partial charge in [-0.05, 0) is 43.4 Å². The second-order valence-electron chi connectivity index (χ2n) is 5.42. The number of carbonyl (C=O) groups excluding carboxylic acids is 2. The zero-order chi connectivity index (χ0) is 15.5. The van der Waals surface area contributed by atoms with Crippen LogP contribution in [0.1, 0.15) is 40.6 Å². The third kappa shape index (κ3) is 3.04. The second kappa shape index (κ2) is 6.32. The van der Waals surface area contributed by atoms with Gasteiger partial charge in [-0.25, -0.2) is 0 Å². The summed E-state index contributed by atoms with van der Waals surface area (Å²) < 4.78 is 0. The minimum atomic E-state index is -0.146. The van der Waals surface area contributed by atoms with Crippen molar-refractivity contribution in [3.63, 3.8) is 0 Å². The van der Waals surface area contributed by atoms with Crippen LogP contribution in [0.4, 0.5) is 10.7 Å². The van der Waals surface area contributed by atoms with Gasteiger partial charge in [-0.2, -0.15) is 0 Å². The minimum Gasteiger partial charge on any atom is -0.322 e. The van der Waals surface area contributed by atoms with E-state index in [1.807, 2.05) is 30.3 Å². The van der Waals surface area contributed by atoms with E-state index in [1.54, 1.807) is 0 Å². The number of benzene rings is 1. The van der Waals surface area contributed by atoms with Crippen LogP contribution >= 0.6 is 11.3 Å². The molecule has 1 aromatic carbocycles. The van der Waals surface area contributed by atoms with Gasteiger partial charge < -0.3 is 10.6 Å². The molecule has 0 unspecified atom stereocenters. The summed E-state index contributed by atoms with van der Waals surface area (Å²) in [5.74, 6) is -0.290. The maximum absolute atomic E-state index is 12.7. The van der Waals surface area contributed by atoms with Crippen LogP contribution in [0.25, 0.3) is 0 Å². The van der Waals surface area contributed by atoms with Gasteiger partial charge in [0.05, 0.1) is 5.56 Å². The fourth-order valence-electron chi connectivity index (χ4n) is 2.77. The van der Waals surface area contributed by atoms with Crippen molar-refractivity contribution in [2.45, 2.75) is 32.6 Å². The Hall–Kier alpha value is -2.14. The van der Waals surface area contributed by atoms with Crippen LogP contribution in [-0.2, 0) is 17.6 Å². The zero-order valence-electron chi connectivity index (χ0n) is 12.4. The molecule has 0 spiro atoms. The molecule has 2 N–H and O–H groups in total. The van der Waals surface area contributed by atoms with E-state index in [0.717, 1.165) is 36.9 Å². The van der Waals surface area contributed by atoms with Crippen molar-refractivity contribution >= 4 is 33.8 Å². The van der Waals surface area contributed by atoms with Crippen molar-refractivity contribution in [3.8, 4) is 0 Å². The molecule has 0 saturated heterocycles. The van der Waals surface area contributed by atoms with Crippen LogP contribution in [0.3, 0.4) is 0 Å². The fraction of sp³-hybridized carbons (Fsp3) is 0.294. The van der Waals surface area contributed by atoms with Crippen molar-refractivity contribution in [3.05, 3.63) is 46.3 Å². The van der Waals surface area contributed by atoms with E-state index >= 15 is 0 Å². The van der Waals surface area contributed by atoms with Gasteiger partial charge >= 0.3 is 0 Å². The average Bonchev–Trinajstić information content (AvgIpc) is 2.85. The van der Waals surface area contributed by atoms with Gasteiger partial charge in [-0.3, -0.25) is 9.59 Å².